The van der Waals surface area contributed by atoms with Gasteiger partial charge in [-0.25, -0.2) is 4.79 Å². The lowest BCUT2D eigenvalue weighted by Gasteiger charge is -2.46. The molecule has 0 spiro atoms. The van der Waals surface area contributed by atoms with Crippen LogP contribution in [0.25, 0.3) is 0 Å². The number of nitrogens with zero attached hydrogens (tertiary/aromatic N) is 1. The fourth-order valence-electron chi connectivity index (χ4n) is 2.46. The Morgan fingerprint density at radius 2 is 2.00 bits per heavy atom. The van der Waals surface area contributed by atoms with Crippen molar-refractivity contribution in [1.29, 1.82) is 0 Å². The molecule has 1 heterocycles. The number of aliphatic hydroxyl groups excluding tert-OH is 1. The normalized spacial score (nSPS) is 22.1. The number of carbonyl (C=O) groups excluding carboxylic acids is 1. The first kappa shape index (κ1) is 14.3. The van der Waals surface area contributed by atoms with Crippen molar-refractivity contribution in [2.24, 2.45) is 5.92 Å². The molecule has 1 aromatic carbocycles. The van der Waals surface area contributed by atoms with Gasteiger partial charge in [0, 0.05) is 19.2 Å². The molecule has 0 aromatic heterocycles. The summed E-state index contributed by atoms with van der Waals surface area (Å²) in [6, 6.07) is 9.28. The number of hydrogen-bond acceptors (Lipinski definition) is 3. The van der Waals surface area contributed by atoms with Crippen LogP contribution >= 0.6 is 0 Å². The Bertz CT molecular complexity index is 512. The molecule has 1 aromatic rings. The number of carboxylic acids is 1. The predicted molar refractivity (Wildman–Crippen MR) is 72.7 cm³/mol. The van der Waals surface area contributed by atoms with Gasteiger partial charge in [0.05, 0.1) is 12.0 Å². The average molecular weight is 275 g/mol. The number of aliphatic carboxylic acids is 1. The quantitative estimate of drug-likeness (QED) is 0.600. The highest BCUT2D eigenvalue weighted by molar-refractivity contribution is 5.88. The first-order valence-electron chi connectivity index (χ1n) is 6.50. The Labute approximate surface area is 117 Å². The van der Waals surface area contributed by atoms with Crippen LogP contribution in [0.5, 0.6) is 0 Å². The molecule has 0 radical (unpaired) electrons. The van der Waals surface area contributed by atoms with Crippen LogP contribution in [0.4, 0.5) is 0 Å². The van der Waals surface area contributed by atoms with E-state index in [9.17, 15) is 9.59 Å². The van der Waals surface area contributed by atoms with E-state index in [0.29, 0.717) is 13.0 Å². The van der Waals surface area contributed by atoms with Crippen molar-refractivity contribution in [2.45, 2.75) is 19.0 Å². The van der Waals surface area contributed by atoms with E-state index in [1.54, 1.807) is 4.90 Å². The van der Waals surface area contributed by atoms with Crippen LogP contribution in [-0.4, -0.2) is 39.6 Å². The lowest BCUT2D eigenvalue weighted by molar-refractivity contribution is -0.155. The summed E-state index contributed by atoms with van der Waals surface area (Å²) in [7, 11) is 0. The van der Waals surface area contributed by atoms with E-state index >= 15 is 0 Å². The number of carbonyl (C=O) groups is 2. The summed E-state index contributed by atoms with van der Waals surface area (Å²) in [4.78, 5) is 24.3. The third-order valence-corrected chi connectivity index (χ3v) is 3.44. The van der Waals surface area contributed by atoms with E-state index < -0.39 is 5.97 Å². The van der Waals surface area contributed by atoms with Gasteiger partial charge in [0.2, 0.25) is 5.91 Å². The standard InChI is InChI=1S/C15H17NO4/c17-9-8-12-13(6-7-14(18)19)16(15(12)20)10-11-4-2-1-3-5-11/h1-7,12-13,17H,8-10H2,(H,18,19). The van der Waals surface area contributed by atoms with Crippen LogP contribution in [0.2, 0.25) is 0 Å². The van der Waals surface area contributed by atoms with Gasteiger partial charge in [0.15, 0.2) is 0 Å². The van der Waals surface area contributed by atoms with Crippen molar-refractivity contribution in [3.05, 3.63) is 48.0 Å². The molecule has 5 nitrogen and oxygen atoms in total. The average Bonchev–Trinajstić information content (AvgIpc) is 2.45. The number of hydrogen-bond donors (Lipinski definition) is 2. The second kappa shape index (κ2) is 6.34. The summed E-state index contributed by atoms with van der Waals surface area (Å²) in [6.45, 7) is 0.378. The van der Waals surface area contributed by atoms with Crippen LogP contribution in [-0.2, 0) is 16.1 Å². The molecule has 0 saturated carbocycles. The molecule has 1 fully saturated rings. The molecular weight excluding hydrogens is 258 g/mol. The zero-order chi connectivity index (χ0) is 14.5. The minimum absolute atomic E-state index is 0.0389. The van der Waals surface area contributed by atoms with E-state index in [2.05, 4.69) is 0 Å². The zero-order valence-corrected chi connectivity index (χ0v) is 11.0. The van der Waals surface area contributed by atoms with E-state index in [-0.39, 0.29) is 24.5 Å². The lowest BCUT2D eigenvalue weighted by atomic mass is 9.84. The molecule has 2 atom stereocenters. The maximum Gasteiger partial charge on any atom is 0.328 e. The summed E-state index contributed by atoms with van der Waals surface area (Å²) >= 11 is 0. The Balaban J connectivity index is 2.10. The van der Waals surface area contributed by atoms with E-state index in [1.165, 1.54) is 6.08 Å². The lowest BCUT2D eigenvalue weighted by Crippen LogP contribution is -2.59. The summed E-state index contributed by atoms with van der Waals surface area (Å²) in [5.41, 5.74) is 0.997. The molecule has 1 aliphatic heterocycles. The van der Waals surface area contributed by atoms with Gasteiger partial charge in [-0.05, 0) is 12.0 Å². The maximum atomic E-state index is 12.0. The van der Waals surface area contributed by atoms with E-state index in [0.717, 1.165) is 11.6 Å². The van der Waals surface area contributed by atoms with Gasteiger partial charge in [0.25, 0.3) is 0 Å². The van der Waals surface area contributed by atoms with E-state index in [4.69, 9.17) is 10.2 Å². The smallest absolute Gasteiger partial charge is 0.328 e. The highest BCUT2D eigenvalue weighted by Gasteiger charge is 2.44. The van der Waals surface area contributed by atoms with Crippen LogP contribution in [0, 0.1) is 5.92 Å². The van der Waals surface area contributed by atoms with Crippen molar-refractivity contribution in [1.82, 2.24) is 4.90 Å². The molecule has 2 N–H and O–H groups in total. The number of likely N-dealkylation sites (tertiary alicyclic amines) is 1. The minimum atomic E-state index is -1.04. The predicted octanol–water partition coefficient (Wildman–Crippen LogP) is 1.04. The highest BCUT2D eigenvalue weighted by Crippen LogP contribution is 2.32. The number of benzene rings is 1. The fourth-order valence-corrected chi connectivity index (χ4v) is 2.46. The Hall–Kier alpha value is -2.14. The first-order chi connectivity index (χ1) is 9.63. The largest absolute Gasteiger partial charge is 0.478 e. The van der Waals surface area contributed by atoms with Crippen LogP contribution in [0.1, 0.15) is 12.0 Å². The summed E-state index contributed by atoms with van der Waals surface area (Å²) in [5.74, 6) is -1.39. The number of carboxylic acid groups (broad SMARTS) is 1. The number of β-lactam (4-membered cyclic amide) rings is 1. The molecule has 1 aliphatic rings. The Morgan fingerprint density at radius 3 is 2.60 bits per heavy atom. The van der Waals surface area contributed by atoms with Crippen molar-refractivity contribution in [3.8, 4) is 0 Å². The van der Waals surface area contributed by atoms with Gasteiger partial charge in [-0.1, -0.05) is 36.4 Å². The van der Waals surface area contributed by atoms with Crippen LogP contribution < -0.4 is 0 Å². The topological polar surface area (TPSA) is 77.8 Å². The van der Waals surface area contributed by atoms with Crippen molar-refractivity contribution in [3.63, 3.8) is 0 Å². The molecule has 20 heavy (non-hydrogen) atoms. The van der Waals surface area contributed by atoms with Crippen LogP contribution in [0.15, 0.2) is 42.5 Å². The number of amides is 1. The highest BCUT2D eigenvalue weighted by atomic mass is 16.4. The molecule has 1 amide bonds. The second-order valence-electron chi connectivity index (χ2n) is 4.76. The Kier molecular flexibility index (Phi) is 4.53. The van der Waals surface area contributed by atoms with Gasteiger partial charge in [-0.3, -0.25) is 4.79 Å². The van der Waals surface area contributed by atoms with Crippen LogP contribution in [0.3, 0.4) is 0 Å². The van der Waals surface area contributed by atoms with Crippen molar-refractivity contribution in [2.75, 3.05) is 6.61 Å². The molecule has 1 saturated heterocycles. The molecule has 0 aliphatic carbocycles. The molecular formula is C15H17NO4. The summed E-state index contributed by atoms with van der Waals surface area (Å²) in [6.07, 6.45) is 2.94. The van der Waals surface area contributed by atoms with Crippen molar-refractivity contribution < 1.29 is 19.8 Å². The van der Waals surface area contributed by atoms with Gasteiger partial charge in [-0.15, -0.1) is 0 Å². The first-order valence-corrected chi connectivity index (χ1v) is 6.50. The van der Waals surface area contributed by atoms with E-state index in [1.807, 2.05) is 30.3 Å². The number of aliphatic hydroxyl groups is 1. The third kappa shape index (κ3) is 3.05. The SMILES string of the molecule is O=C(O)C=CC1C(CCO)C(=O)N1Cc1ccccc1. The number of rotatable bonds is 6. The van der Waals surface area contributed by atoms with Crippen molar-refractivity contribution >= 4 is 11.9 Å². The molecule has 0 bridgehead atoms. The van der Waals surface area contributed by atoms with Gasteiger partial charge in [0.1, 0.15) is 0 Å². The minimum Gasteiger partial charge on any atom is -0.478 e. The Morgan fingerprint density at radius 1 is 1.30 bits per heavy atom. The summed E-state index contributed by atoms with van der Waals surface area (Å²) < 4.78 is 0. The zero-order valence-electron chi connectivity index (χ0n) is 11.0. The molecule has 2 unspecified atom stereocenters. The monoisotopic (exact) mass is 275 g/mol. The van der Waals surface area contributed by atoms with Gasteiger partial charge >= 0.3 is 5.97 Å². The third-order valence-electron chi connectivity index (χ3n) is 3.44. The summed E-state index contributed by atoms with van der Waals surface area (Å²) in [5, 5.41) is 17.7. The van der Waals surface area contributed by atoms with Gasteiger partial charge in [-0.2, -0.15) is 0 Å². The maximum absolute atomic E-state index is 12.0. The molecule has 106 valence electrons. The molecule has 5 heteroatoms. The fraction of sp³-hybridized carbons (Fsp3) is 0.333. The second-order valence-corrected chi connectivity index (χ2v) is 4.76. The molecule has 2 rings (SSSR count). The van der Waals surface area contributed by atoms with Gasteiger partial charge < -0.3 is 15.1 Å².